The van der Waals surface area contributed by atoms with Crippen LogP contribution < -0.4 is 5.32 Å². The molecule has 1 atom stereocenters. The van der Waals surface area contributed by atoms with Crippen LogP contribution in [0, 0.1) is 13.8 Å². The molecule has 1 N–H and O–H groups in total. The van der Waals surface area contributed by atoms with E-state index in [9.17, 15) is 4.79 Å². The number of aromatic nitrogens is 3. The molecule has 0 radical (unpaired) electrons. The lowest BCUT2D eigenvalue weighted by atomic mass is 10.1. The van der Waals surface area contributed by atoms with Crippen molar-refractivity contribution in [1.82, 2.24) is 14.8 Å². The smallest absolute Gasteiger partial charge is 0.237 e. The van der Waals surface area contributed by atoms with E-state index < -0.39 is 0 Å². The molecular formula is C19H19ClN4OS. The molecule has 134 valence electrons. The second kappa shape index (κ2) is 7.93. The molecule has 5 nitrogen and oxygen atoms in total. The molecular weight excluding hydrogens is 368 g/mol. The Balaban J connectivity index is 1.76. The maximum absolute atomic E-state index is 12.5. The van der Waals surface area contributed by atoms with Gasteiger partial charge in [-0.15, -0.1) is 10.2 Å². The summed E-state index contributed by atoms with van der Waals surface area (Å²) in [5.41, 5.74) is 3.92. The van der Waals surface area contributed by atoms with Crippen molar-refractivity contribution in [2.75, 3.05) is 5.32 Å². The van der Waals surface area contributed by atoms with Gasteiger partial charge in [0.25, 0.3) is 0 Å². The lowest BCUT2D eigenvalue weighted by Crippen LogP contribution is -2.23. The molecule has 3 aromatic rings. The molecule has 0 saturated carbocycles. The second-order valence-corrected chi connectivity index (χ2v) is 7.72. The van der Waals surface area contributed by atoms with Gasteiger partial charge in [0.05, 0.1) is 21.6 Å². The van der Waals surface area contributed by atoms with Crippen LogP contribution in [0.25, 0.3) is 5.69 Å². The van der Waals surface area contributed by atoms with Crippen LogP contribution in [0.5, 0.6) is 0 Å². The van der Waals surface area contributed by atoms with E-state index >= 15 is 0 Å². The van der Waals surface area contributed by atoms with Crippen LogP contribution in [-0.2, 0) is 4.79 Å². The molecule has 0 aliphatic carbocycles. The Labute approximate surface area is 161 Å². The van der Waals surface area contributed by atoms with Gasteiger partial charge in [0.2, 0.25) is 5.91 Å². The highest BCUT2D eigenvalue weighted by Crippen LogP contribution is 2.27. The summed E-state index contributed by atoms with van der Waals surface area (Å²) in [6.45, 7) is 5.93. The van der Waals surface area contributed by atoms with Gasteiger partial charge in [-0.05, 0) is 44.5 Å². The first-order valence-electron chi connectivity index (χ1n) is 8.15. The number of nitrogens with zero attached hydrogens (tertiary/aromatic N) is 3. The van der Waals surface area contributed by atoms with Crippen molar-refractivity contribution in [2.45, 2.75) is 31.2 Å². The van der Waals surface area contributed by atoms with Gasteiger partial charge in [-0.25, -0.2) is 0 Å². The van der Waals surface area contributed by atoms with Crippen LogP contribution in [0.1, 0.15) is 18.1 Å². The van der Waals surface area contributed by atoms with Crippen molar-refractivity contribution >= 4 is 35.0 Å². The minimum Gasteiger partial charge on any atom is -0.324 e. The maximum Gasteiger partial charge on any atom is 0.237 e. The van der Waals surface area contributed by atoms with Crippen molar-refractivity contribution < 1.29 is 4.79 Å². The summed E-state index contributed by atoms with van der Waals surface area (Å²) in [7, 11) is 0. The van der Waals surface area contributed by atoms with Crippen molar-refractivity contribution in [3.8, 4) is 5.69 Å². The van der Waals surface area contributed by atoms with E-state index in [4.69, 9.17) is 11.6 Å². The Morgan fingerprint density at radius 3 is 2.73 bits per heavy atom. The number of anilines is 1. The lowest BCUT2D eigenvalue weighted by molar-refractivity contribution is -0.115. The zero-order chi connectivity index (χ0) is 18.7. The fraction of sp³-hybridized carbons (Fsp3) is 0.211. The fourth-order valence-corrected chi connectivity index (χ4v) is 3.57. The van der Waals surface area contributed by atoms with E-state index in [2.05, 4.69) is 28.5 Å². The Hall–Kier alpha value is -2.31. The first-order valence-corrected chi connectivity index (χ1v) is 9.41. The summed E-state index contributed by atoms with van der Waals surface area (Å²) < 4.78 is 1.90. The summed E-state index contributed by atoms with van der Waals surface area (Å²) >= 11 is 7.46. The quantitative estimate of drug-likeness (QED) is 0.648. The fourth-order valence-electron chi connectivity index (χ4n) is 2.55. The van der Waals surface area contributed by atoms with Gasteiger partial charge in [0.15, 0.2) is 5.16 Å². The minimum atomic E-state index is -0.361. The molecule has 2 aromatic carbocycles. The Bertz CT molecular complexity index is 941. The normalized spacial score (nSPS) is 12.0. The van der Waals surface area contributed by atoms with Gasteiger partial charge in [0, 0.05) is 0 Å². The highest BCUT2D eigenvalue weighted by molar-refractivity contribution is 8.00. The maximum atomic E-state index is 12.5. The van der Waals surface area contributed by atoms with E-state index in [1.807, 2.05) is 42.7 Å². The Kier molecular flexibility index (Phi) is 5.64. The molecule has 1 heterocycles. The van der Waals surface area contributed by atoms with Gasteiger partial charge in [-0.1, -0.05) is 53.2 Å². The molecule has 0 saturated heterocycles. The van der Waals surface area contributed by atoms with Gasteiger partial charge >= 0.3 is 0 Å². The number of carbonyl (C=O) groups is 1. The number of nitrogens with one attached hydrogen (secondary N) is 1. The molecule has 0 fully saturated rings. The first-order chi connectivity index (χ1) is 12.5. The number of benzene rings is 2. The van der Waals surface area contributed by atoms with Gasteiger partial charge in [-0.2, -0.15) is 0 Å². The van der Waals surface area contributed by atoms with Gasteiger partial charge in [-0.3, -0.25) is 9.36 Å². The van der Waals surface area contributed by atoms with Crippen LogP contribution in [-0.4, -0.2) is 25.9 Å². The van der Waals surface area contributed by atoms with Gasteiger partial charge < -0.3 is 5.32 Å². The summed E-state index contributed by atoms with van der Waals surface area (Å²) in [5, 5.41) is 11.9. The number of para-hydroxylation sites is 1. The number of rotatable bonds is 5. The molecule has 1 amide bonds. The third-order valence-electron chi connectivity index (χ3n) is 3.91. The number of thioether (sulfide) groups is 1. The van der Waals surface area contributed by atoms with Crippen molar-refractivity contribution in [2.24, 2.45) is 0 Å². The molecule has 0 bridgehead atoms. The number of aryl methyl sites for hydroxylation is 2. The van der Waals surface area contributed by atoms with Crippen LogP contribution >= 0.6 is 23.4 Å². The summed E-state index contributed by atoms with van der Waals surface area (Å²) in [6, 6.07) is 13.4. The second-order valence-electron chi connectivity index (χ2n) is 6.00. The number of halogens is 1. The van der Waals surface area contributed by atoms with Crippen LogP contribution in [0.3, 0.4) is 0 Å². The van der Waals surface area contributed by atoms with Crippen LogP contribution in [0.15, 0.2) is 53.9 Å². The topological polar surface area (TPSA) is 59.8 Å². The summed E-state index contributed by atoms with van der Waals surface area (Å²) in [4.78, 5) is 12.5. The van der Waals surface area contributed by atoms with Crippen LogP contribution in [0.4, 0.5) is 5.69 Å². The average molecular weight is 387 g/mol. The molecule has 0 aliphatic heterocycles. The van der Waals surface area contributed by atoms with E-state index in [0.717, 1.165) is 11.3 Å². The molecule has 1 unspecified atom stereocenters. The monoisotopic (exact) mass is 386 g/mol. The van der Waals surface area contributed by atoms with Crippen molar-refractivity contribution in [3.63, 3.8) is 0 Å². The third kappa shape index (κ3) is 4.08. The first kappa shape index (κ1) is 18.5. The largest absolute Gasteiger partial charge is 0.324 e. The highest BCUT2D eigenvalue weighted by atomic mass is 35.5. The minimum absolute atomic E-state index is 0.140. The number of carbonyl (C=O) groups excluding carboxylic acids is 1. The lowest BCUT2D eigenvalue weighted by Gasteiger charge is -2.14. The zero-order valence-electron chi connectivity index (χ0n) is 14.7. The zero-order valence-corrected chi connectivity index (χ0v) is 16.3. The molecule has 7 heteroatoms. The van der Waals surface area contributed by atoms with E-state index in [-0.39, 0.29) is 11.2 Å². The summed E-state index contributed by atoms with van der Waals surface area (Å²) in [6.07, 6.45) is 1.67. The van der Waals surface area contributed by atoms with E-state index in [1.165, 1.54) is 17.3 Å². The number of hydrogen-bond acceptors (Lipinski definition) is 4. The molecule has 3 rings (SSSR count). The predicted molar refractivity (Wildman–Crippen MR) is 106 cm³/mol. The number of hydrogen-bond donors (Lipinski definition) is 1. The summed E-state index contributed by atoms with van der Waals surface area (Å²) in [5.74, 6) is -0.140. The molecule has 26 heavy (non-hydrogen) atoms. The number of amides is 1. The molecule has 0 aliphatic rings. The SMILES string of the molecule is Cc1ccc(-n2cnnc2SC(C)C(=O)Nc2ccccc2Cl)c(C)c1. The molecule has 0 spiro atoms. The highest BCUT2D eigenvalue weighted by Gasteiger charge is 2.19. The Morgan fingerprint density at radius 1 is 1.23 bits per heavy atom. The van der Waals surface area contributed by atoms with Crippen molar-refractivity contribution in [1.29, 1.82) is 0 Å². The third-order valence-corrected chi connectivity index (χ3v) is 5.30. The van der Waals surface area contributed by atoms with Crippen molar-refractivity contribution in [3.05, 3.63) is 64.9 Å². The Morgan fingerprint density at radius 2 is 2.00 bits per heavy atom. The van der Waals surface area contributed by atoms with Gasteiger partial charge in [0.1, 0.15) is 6.33 Å². The average Bonchev–Trinajstić information content (AvgIpc) is 3.04. The van der Waals surface area contributed by atoms with E-state index in [0.29, 0.717) is 15.9 Å². The predicted octanol–water partition coefficient (Wildman–Crippen LogP) is 4.66. The molecule has 1 aromatic heterocycles. The standard InChI is InChI=1S/C19H19ClN4OS/c1-12-8-9-17(13(2)10-12)24-11-21-23-19(24)26-14(3)18(25)22-16-7-5-4-6-15(16)20/h4-11,14H,1-3H3,(H,22,25). The van der Waals surface area contributed by atoms with E-state index in [1.54, 1.807) is 18.5 Å². The van der Waals surface area contributed by atoms with Crippen LogP contribution in [0.2, 0.25) is 5.02 Å².